The molecule has 0 bridgehead atoms. The van der Waals surface area contributed by atoms with Crippen molar-refractivity contribution in [1.82, 2.24) is 5.43 Å². The lowest BCUT2D eigenvalue weighted by atomic mass is 10.2. The van der Waals surface area contributed by atoms with Gasteiger partial charge in [-0.2, -0.15) is 5.10 Å². The minimum atomic E-state index is -0.191. The van der Waals surface area contributed by atoms with E-state index in [2.05, 4.69) is 58.3 Å². The molecule has 1 amide bonds. The highest BCUT2D eigenvalue weighted by Crippen LogP contribution is 2.35. The summed E-state index contributed by atoms with van der Waals surface area (Å²) < 4.78 is 8.53. The van der Waals surface area contributed by atoms with Gasteiger partial charge in [0.05, 0.1) is 20.9 Å². The molecule has 0 spiro atoms. The number of carbonyl (C=O) groups is 1. The molecule has 31 heavy (non-hydrogen) atoms. The SMILES string of the molecule is O=C(CSc1ccc(Cl)cc1)N/N=C\c1cc(Br)c(OCc2ccc(Br)cc2)c(Br)c1. The van der Waals surface area contributed by atoms with Crippen molar-refractivity contribution in [2.75, 3.05) is 5.75 Å². The molecule has 3 aromatic rings. The van der Waals surface area contributed by atoms with E-state index in [4.69, 9.17) is 16.3 Å². The number of nitrogens with zero attached hydrogens (tertiary/aromatic N) is 1. The third kappa shape index (κ3) is 7.95. The Bertz CT molecular complexity index is 1050. The summed E-state index contributed by atoms with van der Waals surface area (Å²) in [4.78, 5) is 13.0. The maximum Gasteiger partial charge on any atom is 0.250 e. The molecule has 0 atom stereocenters. The van der Waals surface area contributed by atoms with Crippen molar-refractivity contribution in [3.8, 4) is 5.75 Å². The molecular formula is C22H16Br3ClN2O2S. The maximum atomic E-state index is 12.0. The van der Waals surface area contributed by atoms with Gasteiger partial charge in [-0.1, -0.05) is 39.7 Å². The molecule has 3 aromatic carbocycles. The van der Waals surface area contributed by atoms with Crippen molar-refractivity contribution in [3.05, 3.63) is 90.2 Å². The summed E-state index contributed by atoms with van der Waals surface area (Å²) >= 11 is 17.8. The highest BCUT2D eigenvalue weighted by atomic mass is 79.9. The number of hydrazone groups is 1. The molecule has 0 aliphatic heterocycles. The van der Waals surface area contributed by atoms with Crippen LogP contribution in [-0.4, -0.2) is 17.9 Å². The van der Waals surface area contributed by atoms with E-state index in [1.807, 2.05) is 48.5 Å². The van der Waals surface area contributed by atoms with Crippen LogP contribution in [0.4, 0.5) is 0 Å². The summed E-state index contributed by atoms with van der Waals surface area (Å²) in [5, 5.41) is 4.70. The molecule has 0 heterocycles. The maximum absolute atomic E-state index is 12.0. The topological polar surface area (TPSA) is 50.7 Å². The van der Waals surface area contributed by atoms with Gasteiger partial charge in [0.1, 0.15) is 12.4 Å². The van der Waals surface area contributed by atoms with Crippen molar-refractivity contribution < 1.29 is 9.53 Å². The molecular weight excluding hydrogens is 631 g/mol. The van der Waals surface area contributed by atoms with Crippen LogP contribution in [0.25, 0.3) is 0 Å². The number of carbonyl (C=O) groups excluding carboxylic acids is 1. The Morgan fingerprint density at radius 1 is 1.03 bits per heavy atom. The van der Waals surface area contributed by atoms with Gasteiger partial charge in [-0.3, -0.25) is 4.79 Å². The number of thioether (sulfide) groups is 1. The van der Waals surface area contributed by atoms with Crippen LogP contribution in [0, 0.1) is 0 Å². The van der Waals surface area contributed by atoms with Crippen molar-refractivity contribution in [2.45, 2.75) is 11.5 Å². The first-order chi connectivity index (χ1) is 14.9. The average Bonchev–Trinajstić information content (AvgIpc) is 2.74. The lowest BCUT2D eigenvalue weighted by molar-refractivity contribution is -0.118. The van der Waals surface area contributed by atoms with Gasteiger partial charge in [0, 0.05) is 14.4 Å². The van der Waals surface area contributed by atoms with E-state index in [-0.39, 0.29) is 11.7 Å². The van der Waals surface area contributed by atoms with Crippen molar-refractivity contribution in [1.29, 1.82) is 0 Å². The standard InChI is InChI=1S/C22H16Br3ClN2O2S/c23-16-3-1-14(2-4-16)12-30-22-19(24)9-15(10-20(22)25)11-27-28-21(29)13-31-18-7-5-17(26)6-8-18/h1-11H,12-13H2,(H,28,29)/b27-11-. The summed E-state index contributed by atoms with van der Waals surface area (Å²) in [5.41, 5.74) is 4.40. The highest BCUT2D eigenvalue weighted by Gasteiger charge is 2.09. The van der Waals surface area contributed by atoms with Crippen LogP contribution >= 0.6 is 71.2 Å². The van der Waals surface area contributed by atoms with Crippen molar-refractivity contribution >= 4 is 83.3 Å². The lowest BCUT2D eigenvalue weighted by Crippen LogP contribution is -2.19. The van der Waals surface area contributed by atoms with Crippen LogP contribution in [0.5, 0.6) is 5.75 Å². The van der Waals surface area contributed by atoms with Gasteiger partial charge < -0.3 is 4.74 Å². The molecule has 0 aromatic heterocycles. The summed E-state index contributed by atoms with van der Waals surface area (Å²) in [6, 6.07) is 19.0. The van der Waals surface area contributed by atoms with E-state index < -0.39 is 0 Å². The zero-order valence-electron chi connectivity index (χ0n) is 15.9. The quantitative estimate of drug-likeness (QED) is 0.157. The summed E-state index contributed by atoms with van der Waals surface area (Å²) in [5.74, 6) is 0.766. The molecule has 0 saturated heterocycles. The van der Waals surface area contributed by atoms with Gasteiger partial charge in [0.25, 0.3) is 0 Å². The van der Waals surface area contributed by atoms with Crippen LogP contribution < -0.4 is 10.2 Å². The number of hydrogen-bond acceptors (Lipinski definition) is 4. The van der Waals surface area contributed by atoms with Crippen LogP contribution in [0.3, 0.4) is 0 Å². The number of amides is 1. The lowest BCUT2D eigenvalue weighted by Gasteiger charge is -2.11. The molecule has 0 fully saturated rings. The Kier molecular flexibility index (Phi) is 9.47. The Labute approximate surface area is 215 Å². The third-order valence-corrected chi connectivity index (χ3v) is 6.87. The van der Waals surface area contributed by atoms with Crippen molar-refractivity contribution in [2.24, 2.45) is 5.10 Å². The smallest absolute Gasteiger partial charge is 0.250 e. The van der Waals surface area contributed by atoms with Crippen LogP contribution in [0.1, 0.15) is 11.1 Å². The molecule has 3 rings (SSSR count). The van der Waals surface area contributed by atoms with Gasteiger partial charge in [-0.05, 0) is 91.5 Å². The second-order valence-electron chi connectivity index (χ2n) is 6.26. The number of ether oxygens (including phenoxy) is 1. The molecule has 9 heteroatoms. The van der Waals surface area contributed by atoms with Gasteiger partial charge >= 0.3 is 0 Å². The first-order valence-corrected chi connectivity index (χ1v) is 12.7. The summed E-state index contributed by atoms with van der Waals surface area (Å²) in [6.07, 6.45) is 1.58. The zero-order valence-corrected chi connectivity index (χ0v) is 22.3. The molecule has 0 saturated carbocycles. The van der Waals surface area contributed by atoms with E-state index in [1.165, 1.54) is 11.8 Å². The van der Waals surface area contributed by atoms with E-state index in [0.717, 1.165) is 29.4 Å². The monoisotopic (exact) mass is 644 g/mol. The van der Waals surface area contributed by atoms with Crippen molar-refractivity contribution in [3.63, 3.8) is 0 Å². The molecule has 0 radical (unpaired) electrons. The molecule has 0 aliphatic carbocycles. The molecule has 160 valence electrons. The predicted octanol–water partition coefficient (Wildman–Crippen LogP) is 7.45. The number of rotatable bonds is 8. The molecule has 0 aliphatic rings. The molecule has 4 nitrogen and oxygen atoms in total. The highest BCUT2D eigenvalue weighted by molar-refractivity contribution is 9.11. The molecule has 1 N–H and O–H groups in total. The second kappa shape index (κ2) is 12.1. The fourth-order valence-electron chi connectivity index (χ4n) is 2.42. The van der Waals surface area contributed by atoms with E-state index in [1.54, 1.807) is 18.3 Å². The fraction of sp³-hybridized carbons (Fsp3) is 0.0909. The third-order valence-electron chi connectivity index (χ3n) is 3.90. The zero-order chi connectivity index (χ0) is 22.2. The summed E-state index contributed by atoms with van der Waals surface area (Å²) in [6.45, 7) is 0.444. The number of nitrogens with one attached hydrogen (secondary N) is 1. The number of hydrogen-bond donors (Lipinski definition) is 1. The Morgan fingerprint density at radius 2 is 1.68 bits per heavy atom. The van der Waals surface area contributed by atoms with E-state index >= 15 is 0 Å². The van der Waals surface area contributed by atoms with Gasteiger partial charge in [-0.15, -0.1) is 11.8 Å². The number of halogens is 4. The first kappa shape index (κ1) is 24.3. The van der Waals surface area contributed by atoms with E-state index in [0.29, 0.717) is 17.4 Å². The van der Waals surface area contributed by atoms with E-state index in [9.17, 15) is 4.79 Å². The van der Waals surface area contributed by atoms with Gasteiger partial charge in [0.2, 0.25) is 5.91 Å². The Hall–Kier alpha value is -1.32. The second-order valence-corrected chi connectivity index (χ2v) is 10.4. The Balaban J connectivity index is 1.52. The summed E-state index contributed by atoms with van der Waals surface area (Å²) in [7, 11) is 0. The number of benzene rings is 3. The molecule has 0 unspecified atom stereocenters. The van der Waals surface area contributed by atoms with Gasteiger partial charge in [0.15, 0.2) is 0 Å². The Morgan fingerprint density at radius 3 is 2.32 bits per heavy atom. The van der Waals surface area contributed by atoms with Gasteiger partial charge in [-0.25, -0.2) is 5.43 Å². The first-order valence-electron chi connectivity index (χ1n) is 8.97. The predicted molar refractivity (Wildman–Crippen MR) is 138 cm³/mol. The normalized spacial score (nSPS) is 11.0. The minimum Gasteiger partial charge on any atom is -0.487 e. The van der Waals surface area contributed by atoms with Crippen LogP contribution in [-0.2, 0) is 11.4 Å². The largest absolute Gasteiger partial charge is 0.487 e. The van der Waals surface area contributed by atoms with Crippen LogP contribution in [0.15, 0.2) is 84.1 Å². The minimum absolute atomic E-state index is 0.191. The average molecular weight is 648 g/mol. The van der Waals surface area contributed by atoms with Crippen LogP contribution in [0.2, 0.25) is 5.02 Å². The fourth-order valence-corrected chi connectivity index (χ4v) is 4.95.